The lowest BCUT2D eigenvalue weighted by Crippen LogP contribution is -2.43. The second-order valence-electron chi connectivity index (χ2n) is 5.44. The summed E-state index contributed by atoms with van der Waals surface area (Å²) in [7, 11) is 0. The molecule has 0 spiro atoms. The average molecular weight is 327 g/mol. The molecule has 0 radical (unpaired) electrons. The van der Waals surface area contributed by atoms with Crippen molar-refractivity contribution in [1.29, 1.82) is 0 Å². The van der Waals surface area contributed by atoms with Gasteiger partial charge in [-0.05, 0) is 36.8 Å². The molecule has 5 nitrogen and oxygen atoms in total. The monoisotopic (exact) mass is 327 g/mol. The van der Waals surface area contributed by atoms with E-state index >= 15 is 0 Å². The molecule has 0 aromatic heterocycles. The molecule has 0 N–H and O–H groups in total. The first-order chi connectivity index (χ1) is 11.5. The molecule has 1 atom stereocenters. The largest absolute Gasteiger partial charge is 0.459 e. The zero-order valence-corrected chi connectivity index (χ0v) is 12.9. The summed E-state index contributed by atoms with van der Waals surface area (Å²) in [6.45, 7) is 1.29. The van der Waals surface area contributed by atoms with Gasteiger partial charge in [0.05, 0.1) is 11.1 Å². The minimum absolute atomic E-state index is 0.135. The number of hydrogen-bond donors (Lipinski definition) is 0. The molecular weight excluding hydrogens is 313 g/mol. The van der Waals surface area contributed by atoms with Gasteiger partial charge in [-0.3, -0.25) is 14.5 Å². The van der Waals surface area contributed by atoms with E-state index in [1.807, 2.05) is 0 Å². The van der Waals surface area contributed by atoms with Gasteiger partial charge in [-0.1, -0.05) is 24.3 Å². The van der Waals surface area contributed by atoms with Crippen LogP contribution in [0.4, 0.5) is 4.39 Å². The van der Waals surface area contributed by atoms with E-state index < -0.39 is 29.6 Å². The molecule has 2 amide bonds. The van der Waals surface area contributed by atoms with Gasteiger partial charge in [0.15, 0.2) is 0 Å². The number of rotatable bonds is 4. The summed E-state index contributed by atoms with van der Waals surface area (Å²) in [4.78, 5) is 37.7. The SMILES string of the molecule is C[C@H](C(=O)OCc1cccc(F)c1)N1C(=O)c2ccccc2C1=O. The van der Waals surface area contributed by atoms with Crippen LogP contribution in [0.25, 0.3) is 0 Å². The summed E-state index contributed by atoms with van der Waals surface area (Å²) in [6, 6.07) is 11.0. The van der Waals surface area contributed by atoms with Crippen LogP contribution in [0.3, 0.4) is 0 Å². The first-order valence-electron chi connectivity index (χ1n) is 7.37. The molecular formula is C18H14FNO4. The Morgan fingerprint density at radius 2 is 1.71 bits per heavy atom. The maximum atomic E-state index is 13.1. The molecule has 1 aliphatic heterocycles. The van der Waals surface area contributed by atoms with Crippen molar-refractivity contribution in [3.8, 4) is 0 Å². The van der Waals surface area contributed by atoms with Crippen LogP contribution >= 0.6 is 0 Å². The van der Waals surface area contributed by atoms with Gasteiger partial charge in [0.2, 0.25) is 0 Å². The summed E-state index contributed by atoms with van der Waals surface area (Å²) in [5, 5.41) is 0. The highest BCUT2D eigenvalue weighted by atomic mass is 19.1. The molecule has 0 saturated heterocycles. The van der Waals surface area contributed by atoms with Gasteiger partial charge in [0.1, 0.15) is 18.5 Å². The van der Waals surface area contributed by atoms with Crippen molar-refractivity contribution in [2.45, 2.75) is 19.6 Å². The highest BCUT2D eigenvalue weighted by molar-refractivity contribution is 6.22. The Balaban J connectivity index is 1.70. The van der Waals surface area contributed by atoms with Crippen molar-refractivity contribution in [2.75, 3.05) is 0 Å². The summed E-state index contributed by atoms with van der Waals surface area (Å²) in [5.41, 5.74) is 1.03. The number of halogens is 1. The van der Waals surface area contributed by atoms with Crippen LogP contribution in [-0.2, 0) is 16.1 Å². The minimum atomic E-state index is -1.06. The molecule has 1 aliphatic rings. The maximum absolute atomic E-state index is 13.1. The van der Waals surface area contributed by atoms with Gasteiger partial charge in [-0.15, -0.1) is 0 Å². The van der Waals surface area contributed by atoms with Gasteiger partial charge in [-0.25, -0.2) is 9.18 Å². The number of carbonyl (C=O) groups is 3. The number of esters is 1. The lowest BCUT2D eigenvalue weighted by molar-refractivity contribution is -0.149. The summed E-state index contributed by atoms with van der Waals surface area (Å²) < 4.78 is 18.2. The number of amides is 2. The Kier molecular flexibility index (Phi) is 4.12. The van der Waals surface area contributed by atoms with E-state index in [9.17, 15) is 18.8 Å². The number of nitrogens with zero attached hydrogens (tertiary/aromatic N) is 1. The third kappa shape index (κ3) is 2.78. The molecule has 0 aliphatic carbocycles. The zero-order chi connectivity index (χ0) is 17.3. The summed E-state index contributed by atoms with van der Waals surface area (Å²) in [6.07, 6.45) is 0. The normalized spacial score (nSPS) is 14.5. The third-order valence-electron chi connectivity index (χ3n) is 3.82. The van der Waals surface area contributed by atoms with Crippen molar-refractivity contribution in [3.63, 3.8) is 0 Å². The molecule has 1 heterocycles. The van der Waals surface area contributed by atoms with E-state index in [0.717, 1.165) is 4.90 Å². The minimum Gasteiger partial charge on any atom is -0.459 e. The molecule has 0 fully saturated rings. The number of carbonyl (C=O) groups excluding carboxylic acids is 3. The van der Waals surface area contributed by atoms with Crippen LogP contribution < -0.4 is 0 Å². The van der Waals surface area contributed by atoms with Gasteiger partial charge >= 0.3 is 5.97 Å². The van der Waals surface area contributed by atoms with Crippen molar-refractivity contribution in [3.05, 3.63) is 71.0 Å². The smallest absolute Gasteiger partial charge is 0.329 e. The Bertz CT molecular complexity index is 798. The summed E-state index contributed by atoms with van der Waals surface area (Å²) in [5.74, 6) is -2.21. The molecule has 122 valence electrons. The lowest BCUT2D eigenvalue weighted by atomic mass is 10.1. The Labute approximate surface area is 137 Å². The zero-order valence-electron chi connectivity index (χ0n) is 12.9. The maximum Gasteiger partial charge on any atom is 0.329 e. The van der Waals surface area contributed by atoms with Crippen LogP contribution in [0.5, 0.6) is 0 Å². The van der Waals surface area contributed by atoms with Crippen molar-refractivity contribution in [2.24, 2.45) is 0 Å². The second kappa shape index (κ2) is 6.23. The molecule has 3 rings (SSSR count). The molecule has 0 unspecified atom stereocenters. The van der Waals surface area contributed by atoms with E-state index in [4.69, 9.17) is 4.74 Å². The standard InChI is InChI=1S/C18H14FNO4/c1-11(18(23)24-10-12-5-4-6-13(19)9-12)20-16(21)14-7-2-3-8-15(14)17(20)22/h2-9,11H,10H2,1H3/t11-/m1/s1. The molecule has 2 aromatic rings. The van der Waals surface area contributed by atoms with E-state index in [1.165, 1.54) is 25.1 Å². The first kappa shape index (κ1) is 15.9. The quantitative estimate of drug-likeness (QED) is 0.639. The fourth-order valence-corrected chi connectivity index (χ4v) is 2.57. The second-order valence-corrected chi connectivity index (χ2v) is 5.44. The topological polar surface area (TPSA) is 63.7 Å². The average Bonchev–Trinajstić information content (AvgIpc) is 2.84. The fourth-order valence-electron chi connectivity index (χ4n) is 2.57. The Morgan fingerprint density at radius 1 is 1.08 bits per heavy atom. The molecule has 24 heavy (non-hydrogen) atoms. The predicted molar refractivity (Wildman–Crippen MR) is 82.6 cm³/mol. The number of ether oxygens (including phenoxy) is 1. The van der Waals surface area contributed by atoms with E-state index in [2.05, 4.69) is 0 Å². The van der Waals surface area contributed by atoms with E-state index in [1.54, 1.807) is 30.3 Å². The Morgan fingerprint density at radius 3 is 2.29 bits per heavy atom. The molecule has 6 heteroatoms. The molecule has 0 bridgehead atoms. The van der Waals surface area contributed by atoms with Gasteiger partial charge in [0, 0.05) is 0 Å². The number of fused-ring (bicyclic) bond motifs is 1. The third-order valence-corrected chi connectivity index (χ3v) is 3.82. The van der Waals surface area contributed by atoms with Crippen LogP contribution in [0, 0.1) is 5.82 Å². The van der Waals surface area contributed by atoms with Gasteiger partial charge in [0.25, 0.3) is 11.8 Å². The van der Waals surface area contributed by atoms with Crippen LogP contribution in [0.15, 0.2) is 48.5 Å². The van der Waals surface area contributed by atoms with Crippen LogP contribution in [0.2, 0.25) is 0 Å². The summed E-state index contributed by atoms with van der Waals surface area (Å²) >= 11 is 0. The highest BCUT2D eigenvalue weighted by Crippen LogP contribution is 2.24. The number of imide groups is 1. The fraction of sp³-hybridized carbons (Fsp3) is 0.167. The highest BCUT2D eigenvalue weighted by Gasteiger charge is 2.41. The van der Waals surface area contributed by atoms with Crippen molar-refractivity contribution >= 4 is 17.8 Å². The van der Waals surface area contributed by atoms with Crippen molar-refractivity contribution < 1.29 is 23.5 Å². The first-order valence-corrected chi connectivity index (χ1v) is 7.37. The number of benzene rings is 2. The lowest BCUT2D eigenvalue weighted by Gasteiger charge is -2.20. The Hall–Kier alpha value is -3.02. The van der Waals surface area contributed by atoms with E-state index in [-0.39, 0.29) is 17.7 Å². The predicted octanol–water partition coefficient (Wildman–Crippen LogP) is 2.55. The van der Waals surface area contributed by atoms with Gasteiger partial charge < -0.3 is 4.74 Å². The van der Waals surface area contributed by atoms with Crippen LogP contribution in [0.1, 0.15) is 33.2 Å². The number of hydrogen-bond acceptors (Lipinski definition) is 4. The molecule has 0 saturated carbocycles. The van der Waals surface area contributed by atoms with Gasteiger partial charge in [-0.2, -0.15) is 0 Å². The van der Waals surface area contributed by atoms with Crippen molar-refractivity contribution in [1.82, 2.24) is 4.90 Å². The molecule has 2 aromatic carbocycles. The van der Waals surface area contributed by atoms with E-state index in [0.29, 0.717) is 5.56 Å². The van der Waals surface area contributed by atoms with Crippen LogP contribution in [-0.4, -0.2) is 28.7 Å².